The van der Waals surface area contributed by atoms with Gasteiger partial charge in [0.15, 0.2) is 11.5 Å². The quantitative estimate of drug-likeness (QED) is 0.905. The fourth-order valence-electron chi connectivity index (χ4n) is 3.15. The molecule has 1 unspecified atom stereocenters. The Hall–Kier alpha value is -2.24. The van der Waals surface area contributed by atoms with Crippen molar-refractivity contribution in [3.8, 4) is 11.5 Å². The predicted molar refractivity (Wildman–Crippen MR) is 99.8 cm³/mol. The average Bonchev–Trinajstić information content (AvgIpc) is 2.67. The molecule has 1 aliphatic heterocycles. The van der Waals surface area contributed by atoms with E-state index in [-0.39, 0.29) is 0 Å². The lowest BCUT2D eigenvalue weighted by molar-refractivity contribution is 0.219. The van der Waals surface area contributed by atoms with E-state index in [2.05, 4.69) is 29.0 Å². The molecule has 5 nitrogen and oxygen atoms in total. The first-order chi connectivity index (χ1) is 12.1. The van der Waals surface area contributed by atoms with E-state index >= 15 is 0 Å². The Bertz CT molecular complexity index is 695. The number of hydrogen-bond acceptors (Lipinski definition) is 5. The molecule has 0 spiro atoms. The minimum Gasteiger partial charge on any atom is -0.493 e. The second kappa shape index (κ2) is 7.76. The van der Waals surface area contributed by atoms with Gasteiger partial charge in [0.05, 0.1) is 14.2 Å². The maximum absolute atomic E-state index is 10.7. The molecule has 1 atom stereocenters. The molecule has 1 N–H and O–H groups in total. The zero-order valence-electron chi connectivity index (χ0n) is 15.1. The maximum Gasteiger partial charge on any atom is 0.161 e. The van der Waals surface area contributed by atoms with Crippen LogP contribution in [-0.2, 0) is 0 Å². The van der Waals surface area contributed by atoms with E-state index in [0.717, 1.165) is 37.3 Å². The van der Waals surface area contributed by atoms with Gasteiger partial charge < -0.3 is 24.4 Å². The molecule has 0 bridgehead atoms. The molecule has 2 aromatic rings. The van der Waals surface area contributed by atoms with Crippen molar-refractivity contribution in [1.29, 1.82) is 0 Å². The van der Waals surface area contributed by atoms with Gasteiger partial charge in [0.2, 0.25) is 0 Å². The standard InChI is InChI=1S/C20H26N2O3/c1-21-10-12-22(13-11-21)17-7-4-15(5-8-17)20(23)16-6-9-18(24-2)19(14-16)25-3/h4-9,14,20,23H,10-13H2,1-3H3. The van der Waals surface area contributed by atoms with Crippen molar-refractivity contribution < 1.29 is 14.6 Å². The normalized spacial score (nSPS) is 16.6. The lowest BCUT2D eigenvalue weighted by atomic mass is 10.0. The van der Waals surface area contributed by atoms with Crippen LogP contribution in [0.3, 0.4) is 0 Å². The first-order valence-corrected chi connectivity index (χ1v) is 8.56. The molecule has 134 valence electrons. The largest absolute Gasteiger partial charge is 0.493 e. The molecule has 0 saturated carbocycles. The van der Waals surface area contributed by atoms with E-state index in [4.69, 9.17) is 9.47 Å². The van der Waals surface area contributed by atoms with E-state index in [0.29, 0.717) is 11.5 Å². The van der Waals surface area contributed by atoms with Crippen LogP contribution in [0.1, 0.15) is 17.2 Å². The monoisotopic (exact) mass is 342 g/mol. The number of ether oxygens (including phenoxy) is 2. The first-order valence-electron chi connectivity index (χ1n) is 8.56. The van der Waals surface area contributed by atoms with E-state index in [1.54, 1.807) is 14.2 Å². The lowest BCUT2D eigenvalue weighted by Gasteiger charge is -2.34. The van der Waals surface area contributed by atoms with Gasteiger partial charge in [0, 0.05) is 31.9 Å². The molecule has 1 heterocycles. The van der Waals surface area contributed by atoms with Crippen molar-refractivity contribution in [2.24, 2.45) is 0 Å². The van der Waals surface area contributed by atoms with Gasteiger partial charge in [0.25, 0.3) is 0 Å². The zero-order chi connectivity index (χ0) is 17.8. The molecule has 0 amide bonds. The van der Waals surface area contributed by atoms with Gasteiger partial charge in [0.1, 0.15) is 6.10 Å². The average molecular weight is 342 g/mol. The second-order valence-electron chi connectivity index (χ2n) is 6.40. The number of hydrogen-bond donors (Lipinski definition) is 1. The van der Waals surface area contributed by atoms with Crippen LogP contribution in [0.25, 0.3) is 0 Å². The van der Waals surface area contributed by atoms with Crippen LogP contribution in [0.15, 0.2) is 42.5 Å². The molecular weight excluding hydrogens is 316 g/mol. The van der Waals surface area contributed by atoms with Crippen molar-refractivity contribution in [2.45, 2.75) is 6.10 Å². The Morgan fingerprint density at radius 1 is 0.840 bits per heavy atom. The van der Waals surface area contributed by atoms with Gasteiger partial charge in [-0.15, -0.1) is 0 Å². The van der Waals surface area contributed by atoms with Gasteiger partial charge in [-0.25, -0.2) is 0 Å². The van der Waals surface area contributed by atoms with Crippen molar-refractivity contribution >= 4 is 5.69 Å². The number of aliphatic hydroxyl groups excluding tert-OH is 1. The van der Waals surface area contributed by atoms with Crippen LogP contribution in [0.2, 0.25) is 0 Å². The molecule has 2 aromatic carbocycles. The topological polar surface area (TPSA) is 45.2 Å². The number of likely N-dealkylation sites (N-methyl/N-ethyl adjacent to an activating group) is 1. The molecule has 3 rings (SSSR count). The number of aliphatic hydroxyl groups is 1. The molecule has 5 heteroatoms. The summed E-state index contributed by atoms with van der Waals surface area (Å²) in [6.45, 7) is 4.23. The van der Waals surface area contributed by atoms with Crippen LogP contribution in [0.4, 0.5) is 5.69 Å². The summed E-state index contributed by atoms with van der Waals surface area (Å²) < 4.78 is 10.6. The summed E-state index contributed by atoms with van der Waals surface area (Å²) >= 11 is 0. The molecule has 1 aliphatic rings. The number of rotatable bonds is 5. The van der Waals surface area contributed by atoms with E-state index in [9.17, 15) is 5.11 Å². The molecule has 0 aliphatic carbocycles. The smallest absolute Gasteiger partial charge is 0.161 e. The Morgan fingerprint density at radius 3 is 2.04 bits per heavy atom. The van der Waals surface area contributed by atoms with E-state index in [1.165, 1.54) is 5.69 Å². The highest BCUT2D eigenvalue weighted by molar-refractivity contribution is 5.50. The molecule has 1 fully saturated rings. The van der Waals surface area contributed by atoms with Crippen molar-refractivity contribution in [3.05, 3.63) is 53.6 Å². The highest BCUT2D eigenvalue weighted by Gasteiger charge is 2.16. The third kappa shape index (κ3) is 3.89. The summed E-state index contributed by atoms with van der Waals surface area (Å²) in [5.41, 5.74) is 2.85. The van der Waals surface area contributed by atoms with Gasteiger partial charge in [-0.05, 0) is 42.4 Å². The summed E-state index contributed by atoms with van der Waals surface area (Å²) in [7, 11) is 5.35. The predicted octanol–water partition coefficient (Wildman–Crippen LogP) is 2.54. The number of methoxy groups -OCH3 is 2. The van der Waals surface area contributed by atoms with Gasteiger partial charge in [-0.3, -0.25) is 0 Å². The fourth-order valence-corrected chi connectivity index (χ4v) is 3.15. The number of nitrogens with zero attached hydrogens (tertiary/aromatic N) is 2. The Morgan fingerprint density at radius 2 is 1.44 bits per heavy atom. The number of piperazine rings is 1. The first kappa shape index (κ1) is 17.6. The van der Waals surface area contributed by atoms with E-state index < -0.39 is 6.10 Å². The third-order valence-electron chi connectivity index (χ3n) is 4.80. The second-order valence-corrected chi connectivity index (χ2v) is 6.40. The van der Waals surface area contributed by atoms with Crippen LogP contribution in [0, 0.1) is 0 Å². The van der Waals surface area contributed by atoms with Crippen LogP contribution >= 0.6 is 0 Å². The Labute approximate surface area is 149 Å². The van der Waals surface area contributed by atoms with Crippen molar-refractivity contribution in [2.75, 3.05) is 52.3 Å². The van der Waals surface area contributed by atoms with Crippen LogP contribution < -0.4 is 14.4 Å². The minimum absolute atomic E-state index is 0.619. The highest BCUT2D eigenvalue weighted by atomic mass is 16.5. The lowest BCUT2D eigenvalue weighted by Crippen LogP contribution is -2.44. The van der Waals surface area contributed by atoms with Gasteiger partial charge in [-0.2, -0.15) is 0 Å². The van der Waals surface area contributed by atoms with Crippen LogP contribution in [-0.4, -0.2) is 57.5 Å². The third-order valence-corrected chi connectivity index (χ3v) is 4.80. The number of benzene rings is 2. The Kier molecular flexibility index (Phi) is 5.46. The SMILES string of the molecule is COc1ccc(C(O)c2ccc(N3CCN(C)CC3)cc2)cc1OC. The molecule has 0 radical (unpaired) electrons. The molecule has 25 heavy (non-hydrogen) atoms. The minimum atomic E-state index is -0.693. The molecule has 1 saturated heterocycles. The van der Waals surface area contributed by atoms with Crippen molar-refractivity contribution in [3.63, 3.8) is 0 Å². The van der Waals surface area contributed by atoms with Gasteiger partial charge in [-0.1, -0.05) is 18.2 Å². The zero-order valence-corrected chi connectivity index (χ0v) is 15.1. The molecule has 0 aromatic heterocycles. The Balaban J connectivity index is 1.75. The summed E-state index contributed by atoms with van der Waals surface area (Å²) in [6, 6.07) is 13.7. The van der Waals surface area contributed by atoms with E-state index in [1.807, 2.05) is 30.3 Å². The number of anilines is 1. The summed E-state index contributed by atoms with van der Waals surface area (Å²) in [5, 5.41) is 10.7. The van der Waals surface area contributed by atoms with Gasteiger partial charge >= 0.3 is 0 Å². The maximum atomic E-state index is 10.7. The van der Waals surface area contributed by atoms with Crippen LogP contribution in [0.5, 0.6) is 11.5 Å². The fraction of sp³-hybridized carbons (Fsp3) is 0.400. The summed E-state index contributed by atoms with van der Waals surface area (Å²) in [4.78, 5) is 4.72. The molecular formula is C20H26N2O3. The summed E-state index contributed by atoms with van der Waals surface area (Å²) in [6.07, 6.45) is -0.693. The summed E-state index contributed by atoms with van der Waals surface area (Å²) in [5.74, 6) is 1.27. The van der Waals surface area contributed by atoms with Crippen molar-refractivity contribution in [1.82, 2.24) is 4.90 Å². The highest BCUT2D eigenvalue weighted by Crippen LogP contribution is 2.32.